The molecule has 0 fully saturated rings. The Kier molecular flexibility index (Phi) is 3.86. The number of rotatable bonds is 2. The first kappa shape index (κ1) is 12.2. The van der Waals surface area contributed by atoms with Crippen LogP contribution in [-0.4, -0.2) is 15.9 Å². The monoisotopic (exact) mass is 355 g/mol. The molecule has 0 aliphatic rings. The van der Waals surface area contributed by atoms with Gasteiger partial charge in [0.2, 0.25) is 0 Å². The molecule has 4 nitrogen and oxygen atoms in total. The van der Waals surface area contributed by atoms with Gasteiger partial charge in [0.1, 0.15) is 16.1 Å². The SMILES string of the molecule is O=C(Nc1ncccc1Br)c1cccc(Br)n1. The molecular formula is C11H7Br2N3O. The van der Waals surface area contributed by atoms with E-state index in [1.54, 1.807) is 36.5 Å². The van der Waals surface area contributed by atoms with Crippen LogP contribution in [0.4, 0.5) is 5.82 Å². The Morgan fingerprint density at radius 2 is 2.00 bits per heavy atom. The number of halogens is 2. The van der Waals surface area contributed by atoms with Crippen LogP contribution in [0.3, 0.4) is 0 Å². The molecule has 0 unspecified atom stereocenters. The van der Waals surface area contributed by atoms with Crippen molar-refractivity contribution in [1.82, 2.24) is 9.97 Å². The van der Waals surface area contributed by atoms with Gasteiger partial charge in [-0.15, -0.1) is 0 Å². The molecule has 1 amide bonds. The summed E-state index contributed by atoms with van der Waals surface area (Å²) >= 11 is 6.52. The Balaban J connectivity index is 2.20. The molecule has 2 rings (SSSR count). The first-order valence-corrected chi connectivity index (χ1v) is 6.30. The molecule has 17 heavy (non-hydrogen) atoms. The maximum absolute atomic E-state index is 11.9. The van der Waals surface area contributed by atoms with E-state index in [2.05, 4.69) is 47.1 Å². The Labute approximate surface area is 115 Å². The zero-order valence-corrected chi connectivity index (χ0v) is 11.7. The number of nitrogens with one attached hydrogen (secondary N) is 1. The fourth-order valence-electron chi connectivity index (χ4n) is 1.18. The molecule has 0 aliphatic heterocycles. The Morgan fingerprint density at radius 1 is 1.18 bits per heavy atom. The second kappa shape index (κ2) is 5.37. The van der Waals surface area contributed by atoms with E-state index in [0.29, 0.717) is 16.1 Å². The molecule has 0 spiro atoms. The number of nitrogens with zero attached hydrogens (tertiary/aromatic N) is 2. The molecule has 86 valence electrons. The highest BCUT2D eigenvalue weighted by atomic mass is 79.9. The summed E-state index contributed by atoms with van der Waals surface area (Å²) in [7, 11) is 0. The summed E-state index contributed by atoms with van der Waals surface area (Å²) in [5.41, 5.74) is 0.330. The van der Waals surface area contributed by atoms with Gasteiger partial charge < -0.3 is 5.32 Å². The quantitative estimate of drug-likeness (QED) is 0.840. The van der Waals surface area contributed by atoms with Gasteiger partial charge in [-0.25, -0.2) is 9.97 Å². The van der Waals surface area contributed by atoms with Crippen LogP contribution in [0, 0.1) is 0 Å². The van der Waals surface area contributed by atoms with E-state index in [4.69, 9.17) is 0 Å². The average Bonchev–Trinajstić information content (AvgIpc) is 2.32. The summed E-state index contributed by atoms with van der Waals surface area (Å²) in [4.78, 5) is 20.0. The maximum atomic E-state index is 11.9. The van der Waals surface area contributed by atoms with E-state index in [0.717, 1.165) is 4.47 Å². The largest absolute Gasteiger partial charge is 0.304 e. The van der Waals surface area contributed by atoms with Crippen LogP contribution in [-0.2, 0) is 0 Å². The molecule has 0 saturated heterocycles. The van der Waals surface area contributed by atoms with E-state index in [-0.39, 0.29) is 5.91 Å². The molecular weight excluding hydrogens is 350 g/mol. The lowest BCUT2D eigenvalue weighted by molar-refractivity contribution is 0.102. The lowest BCUT2D eigenvalue weighted by atomic mass is 10.3. The van der Waals surface area contributed by atoms with Crippen molar-refractivity contribution in [2.45, 2.75) is 0 Å². The zero-order chi connectivity index (χ0) is 12.3. The van der Waals surface area contributed by atoms with Gasteiger partial charge in [-0.05, 0) is 56.1 Å². The molecule has 0 saturated carbocycles. The van der Waals surface area contributed by atoms with E-state index in [1.165, 1.54) is 0 Å². The lowest BCUT2D eigenvalue weighted by Gasteiger charge is -2.05. The van der Waals surface area contributed by atoms with Crippen molar-refractivity contribution in [3.05, 3.63) is 51.3 Å². The highest BCUT2D eigenvalue weighted by Crippen LogP contribution is 2.19. The molecule has 1 N–H and O–H groups in total. The van der Waals surface area contributed by atoms with Crippen molar-refractivity contribution < 1.29 is 4.79 Å². The minimum absolute atomic E-state index is 0.300. The third-order valence-corrected chi connectivity index (χ3v) is 3.02. The van der Waals surface area contributed by atoms with Gasteiger partial charge in [0.05, 0.1) is 4.47 Å². The number of carbonyl (C=O) groups excluding carboxylic acids is 1. The number of hydrogen-bond acceptors (Lipinski definition) is 3. The van der Waals surface area contributed by atoms with Crippen LogP contribution in [0.2, 0.25) is 0 Å². The van der Waals surface area contributed by atoms with E-state index >= 15 is 0 Å². The van der Waals surface area contributed by atoms with Gasteiger partial charge in [-0.2, -0.15) is 0 Å². The third-order valence-electron chi connectivity index (χ3n) is 1.94. The molecule has 2 heterocycles. The van der Waals surface area contributed by atoms with E-state index in [1.807, 2.05) is 0 Å². The molecule has 0 bridgehead atoms. The van der Waals surface area contributed by atoms with Gasteiger partial charge in [-0.3, -0.25) is 4.79 Å². The smallest absolute Gasteiger partial charge is 0.275 e. The summed E-state index contributed by atoms with van der Waals surface area (Å²) in [6.45, 7) is 0. The van der Waals surface area contributed by atoms with Gasteiger partial charge in [-0.1, -0.05) is 6.07 Å². The highest BCUT2D eigenvalue weighted by Gasteiger charge is 2.10. The molecule has 0 atom stereocenters. The highest BCUT2D eigenvalue weighted by molar-refractivity contribution is 9.10. The summed E-state index contributed by atoms with van der Waals surface area (Å²) in [5, 5.41) is 2.67. The van der Waals surface area contributed by atoms with Crippen LogP contribution < -0.4 is 5.32 Å². The van der Waals surface area contributed by atoms with Crippen molar-refractivity contribution in [2.24, 2.45) is 0 Å². The Morgan fingerprint density at radius 3 is 2.71 bits per heavy atom. The molecule has 2 aromatic heterocycles. The maximum Gasteiger partial charge on any atom is 0.275 e. The summed E-state index contributed by atoms with van der Waals surface area (Å²) in [6.07, 6.45) is 1.61. The third kappa shape index (κ3) is 3.10. The predicted octanol–water partition coefficient (Wildman–Crippen LogP) is 3.25. The van der Waals surface area contributed by atoms with Crippen molar-refractivity contribution in [1.29, 1.82) is 0 Å². The minimum atomic E-state index is -0.300. The van der Waals surface area contributed by atoms with Gasteiger partial charge in [0.15, 0.2) is 0 Å². The number of pyridine rings is 2. The van der Waals surface area contributed by atoms with Gasteiger partial charge in [0.25, 0.3) is 5.91 Å². The number of anilines is 1. The van der Waals surface area contributed by atoms with Crippen molar-refractivity contribution in [3.8, 4) is 0 Å². The average molecular weight is 357 g/mol. The van der Waals surface area contributed by atoms with Gasteiger partial charge >= 0.3 is 0 Å². The number of carbonyl (C=O) groups is 1. The second-order valence-corrected chi connectivity index (χ2v) is 4.80. The van der Waals surface area contributed by atoms with Crippen LogP contribution in [0.15, 0.2) is 45.6 Å². The molecule has 2 aromatic rings. The standard InChI is InChI=1S/C11H7Br2N3O/c12-7-3-2-6-14-10(7)16-11(17)8-4-1-5-9(13)15-8/h1-6H,(H,14,16,17). The number of aromatic nitrogens is 2. The van der Waals surface area contributed by atoms with E-state index < -0.39 is 0 Å². The first-order chi connectivity index (χ1) is 8.16. The fourth-order valence-corrected chi connectivity index (χ4v) is 1.88. The minimum Gasteiger partial charge on any atom is -0.304 e. The lowest BCUT2D eigenvalue weighted by Crippen LogP contribution is -2.14. The number of amides is 1. The van der Waals surface area contributed by atoms with E-state index in [9.17, 15) is 4.79 Å². The summed E-state index contributed by atoms with van der Waals surface area (Å²) in [6, 6.07) is 8.72. The zero-order valence-electron chi connectivity index (χ0n) is 8.52. The van der Waals surface area contributed by atoms with Crippen molar-refractivity contribution in [3.63, 3.8) is 0 Å². The molecule has 6 heteroatoms. The van der Waals surface area contributed by atoms with Crippen molar-refractivity contribution in [2.75, 3.05) is 5.32 Å². The topological polar surface area (TPSA) is 54.9 Å². The Hall–Kier alpha value is -1.27. The van der Waals surface area contributed by atoms with Gasteiger partial charge in [0, 0.05) is 6.20 Å². The second-order valence-electron chi connectivity index (χ2n) is 3.13. The van der Waals surface area contributed by atoms with Crippen molar-refractivity contribution >= 4 is 43.6 Å². The first-order valence-electron chi connectivity index (χ1n) is 4.71. The molecule has 0 aliphatic carbocycles. The van der Waals surface area contributed by atoms with Crippen LogP contribution in [0.5, 0.6) is 0 Å². The van der Waals surface area contributed by atoms with Crippen LogP contribution in [0.1, 0.15) is 10.5 Å². The summed E-state index contributed by atoms with van der Waals surface area (Å²) in [5.74, 6) is 0.171. The number of hydrogen-bond donors (Lipinski definition) is 1. The summed E-state index contributed by atoms with van der Waals surface area (Å²) < 4.78 is 1.34. The molecule has 0 aromatic carbocycles. The van der Waals surface area contributed by atoms with Crippen LogP contribution >= 0.6 is 31.9 Å². The fraction of sp³-hybridized carbons (Fsp3) is 0. The normalized spacial score (nSPS) is 10.0. The molecule has 0 radical (unpaired) electrons. The van der Waals surface area contributed by atoms with Crippen LogP contribution in [0.25, 0.3) is 0 Å². The predicted molar refractivity (Wildman–Crippen MR) is 71.8 cm³/mol. The Bertz CT molecular complexity index is 560.